The van der Waals surface area contributed by atoms with Crippen LogP contribution in [0.4, 0.5) is 10.1 Å². The van der Waals surface area contributed by atoms with Crippen molar-refractivity contribution in [3.63, 3.8) is 0 Å². The quantitative estimate of drug-likeness (QED) is 0.239. The molecule has 3 aliphatic carbocycles. The molecule has 0 amide bonds. The van der Waals surface area contributed by atoms with E-state index in [-0.39, 0.29) is 78.2 Å². The van der Waals surface area contributed by atoms with Crippen molar-refractivity contribution in [1.82, 2.24) is 4.90 Å². The van der Waals surface area contributed by atoms with E-state index in [9.17, 15) is 9.90 Å². The summed E-state index contributed by atoms with van der Waals surface area (Å²) in [5.74, 6) is -3.26. The molecule has 1 aromatic rings. The number of nitrogens with zero attached hydrogens (tertiary/aromatic N) is 1. The zero-order valence-electron chi connectivity index (χ0n) is 38.9. The first-order valence-electron chi connectivity index (χ1n) is 23.3. The van der Waals surface area contributed by atoms with Crippen LogP contribution in [-0.4, -0.2) is 144 Å². The molecule has 3 aliphatic heterocycles. The first-order chi connectivity index (χ1) is 30.2. The van der Waals surface area contributed by atoms with Gasteiger partial charge in [-0.2, -0.15) is 0 Å². The second-order valence-corrected chi connectivity index (χ2v) is 19.1. The lowest BCUT2D eigenvalue weighted by atomic mass is 9.62. The number of carbonyl (C=O) groups is 2. The standard InChI is InChI=1S/C48H73FN2O12/c1-11-27-14-12-17-37(63-39-19-18-36(51(5)6)25(3)59-39)24(2)42(53)33-22-30-29-20-28(62-48-47(58-10)46(57-9)44(55-7)26(4)60-48)21-32(29)41(43(54)40(30)31(33)23-38(52)61-27)50-35-16-13-15-34(49)45(35)56-8/h13,15-16,22,24-32,36-37,39-41,43-44,46-48,50,54H,11-12,14,17-21,23H2,1-10H3/t24-,25?,26?,27+,28+,29+,30+,31-,32-,36+,37+,39+,40-,41+,43+,44+,46?,47+,48+/m1/s1. The van der Waals surface area contributed by atoms with Crippen LogP contribution < -0.4 is 10.1 Å². The molecular weight excluding hydrogens is 816 g/mol. The van der Waals surface area contributed by atoms with Crippen LogP contribution in [0.2, 0.25) is 0 Å². The number of anilines is 1. The number of ketones is 1. The summed E-state index contributed by atoms with van der Waals surface area (Å²) in [4.78, 5) is 31.3. The molecule has 354 valence electrons. The topological polar surface area (TPSA) is 153 Å². The number of hydrogen-bond donors (Lipinski definition) is 2. The predicted octanol–water partition coefficient (Wildman–Crippen LogP) is 5.92. The number of cyclic esters (lactones) is 1. The molecular formula is C48H73FN2O12. The van der Waals surface area contributed by atoms with E-state index < -0.39 is 66.6 Å². The summed E-state index contributed by atoms with van der Waals surface area (Å²) in [7, 11) is 10.4. The van der Waals surface area contributed by atoms with Crippen molar-refractivity contribution in [3.8, 4) is 5.75 Å². The smallest absolute Gasteiger partial charge is 0.306 e. The zero-order chi connectivity index (χ0) is 45.3. The number of methoxy groups -OCH3 is 4. The third-order valence-corrected chi connectivity index (χ3v) is 15.4. The van der Waals surface area contributed by atoms with E-state index in [0.717, 1.165) is 12.8 Å². The van der Waals surface area contributed by atoms with E-state index >= 15 is 9.18 Å². The Morgan fingerprint density at radius 3 is 2.29 bits per heavy atom. The molecule has 14 nitrogen and oxygen atoms in total. The fourth-order valence-corrected chi connectivity index (χ4v) is 12.2. The second kappa shape index (κ2) is 20.8. The molecule has 63 heavy (non-hydrogen) atoms. The number of nitrogens with one attached hydrogen (secondary N) is 1. The molecule has 0 spiro atoms. The minimum atomic E-state index is -1.06. The van der Waals surface area contributed by atoms with Crippen LogP contribution in [0.25, 0.3) is 0 Å². The third-order valence-electron chi connectivity index (χ3n) is 15.4. The third kappa shape index (κ3) is 9.88. The van der Waals surface area contributed by atoms with Crippen molar-refractivity contribution in [2.24, 2.45) is 35.5 Å². The Morgan fingerprint density at radius 2 is 1.62 bits per heavy atom. The predicted molar refractivity (Wildman–Crippen MR) is 231 cm³/mol. The molecule has 0 aromatic heterocycles. The number of benzene rings is 1. The number of para-hydroxylation sites is 1. The van der Waals surface area contributed by atoms with Gasteiger partial charge in [0.15, 0.2) is 29.9 Å². The molecule has 7 rings (SSSR count). The van der Waals surface area contributed by atoms with E-state index in [1.807, 2.05) is 26.8 Å². The Bertz CT molecular complexity index is 1750. The number of esters is 1. The summed E-state index contributed by atoms with van der Waals surface area (Å²) in [6.07, 6.45) is 2.20. The first-order valence-corrected chi connectivity index (χ1v) is 23.3. The number of ether oxygens (including phenoxy) is 9. The van der Waals surface area contributed by atoms with Gasteiger partial charge in [0, 0.05) is 45.1 Å². The number of carbonyl (C=O) groups excluding carboxylic acids is 2. The van der Waals surface area contributed by atoms with Gasteiger partial charge in [0.2, 0.25) is 0 Å². The number of hydrogen-bond acceptors (Lipinski definition) is 14. The lowest BCUT2D eigenvalue weighted by Crippen LogP contribution is -2.59. The Hall–Kier alpha value is -2.73. The Balaban J connectivity index is 1.22. The van der Waals surface area contributed by atoms with Crippen LogP contribution in [0.5, 0.6) is 5.75 Å². The van der Waals surface area contributed by atoms with Gasteiger partial charge in [-0.05, 0) is 115 Å². The van der Waals surface area contributed by atoms with Gasteiger partial charge in [-0.15, -0.1) is 0 Å². The normalized spacial score (nSPS) is 42.3. The van der Waals surface area contributed by atoms with Crippen LogP contribution in [0.3, 0.4) is 0 Å². The fraction of sp³-hybridized carbons (Fsp3) is 0.792. The maximum absolute atomic E-state index is 15.2. The summed E-state index contributed by atoms with van der Waals surface area (Å²) >= 11 is 0. The molecule has 3 heterocycles. The summed E-state index contributed by atoms with van der Waals surface area (Å²) in [6.45, 7) is 7.93. The molecule has 1 aromatic carbocycles. The highest BCUT2D eigenvalue weighted by atomic mass is 19.1. The van der Waals surface area contributed by atoms with Crippen LogP contribution >= 0.6 is 0 Å². The van der Waals surface area contributed by atoms with E-state index in [1.165, 1.54) is 13.2 Å². The number of aliphatic hydroxyl groups excluding tert-OH is 1. The van der Waals surface area contributed by atoms with Crippen LogP contribution in [0, 0.1) is 41.3 Å². The summed E-state index contributed by atoms with van der Waals surface area (Å²) in [5, 5.41) is 16.3. The van der Waals surface area contributed by atoms with Gasteiger partial charge >= 0.3 is 5.97 Å². The zero-order valence-corrected chi connectivity index (χ0v) is 38.9. The van der Waals surface area contributed by atoms with E-state index in [2.05, 4.69) is 31.2 Å². The highest BCUT2D eigenvalue weighted by molar-refractivity contribution is 5.99. The summed E-state index contributed by atoms with van der Waals surface area (Å²) in [6, 6.07) is 4.31. The largest absolute Gasteiger partial charge is 0.492 e. The first kappa shape index (κ1) is 48.2. The molecule has 15 heteroatoms. The van der Waals surface area contributed by atoms with Gasteiger partial charge < -0.3 is 58.0 Å². The minimum Gasteiger partial charge on any atom is -0.492 e. The fourth-order valence-electron chi connectivity index (χ4n) is 12.2. The lowest BCUT2D eigenvalue weighted by Gasteiger charge is -2.47. The molecule has 0 radical (unpaired) electrons. The molecule has 19 atom stereocenters. The van der Waals surface area contributed by atoms with Crippen molar-refractivity contribution in [2.75, 3.05) is 47.9 Å². The molecule has 5 fully saturated rings. The maximum atomic E-state index is 15.2. The van der Waals surface area contributed by atoms with Crippen molar-refractivity contribution in [1.29, 1.82) is 0 Å². The summed E-state index contributed by atoms with van der Waals surface area (Å²) in [5.41, 5.74) is 0.933. The number of allylic oxidation sites excluding steroid dienone is 2. The Kier molecular flexibility index (Phi) is 15.9. The molecule has 6 aliphatic rings. The van der Waals surface area contributed by atoms with Crippen LogP contribution in [0.15, 0.2) is 29.8 Å². The van der Waals surface area contributed by atoms with Crippen molar-refractivity contribution < 1.29 is 61.7 Å². The Labute approximate surface area is 373 Å². The Morgan fingerprint density at radius 1 is 0.889 bits per heavy atom. The van der Waals surface area contributed by atoms with E-state index in [4.69, 9.17) is 42.6 Å². The van der Waals surface area contributed by atoms with E-state index in [1.54, 1.807) is 33.5 Å². The molecule has 2 saturated carbocycles. The molecule has 3 unspecified atom stereocenters. The van der Waals surface area contributed by atoms with Gasteiger partial charge in [-0.1, -0.05) is 26.0 Å². The minimum absolute atomic E-state index is 0.0362. The van der Waals surface area contributed by atoms with Crippen molar-refractivity contribution in [3.05, 3.63) is 35.7 Å². The number of rotatable bonds is 12. The van der Waals surface area contributed by atoms with Gasteiger partial charge in [0.25, 0.3) is 0 Å². The van der Waals surface area contributed by atoms with Crippen LogP contribution in [0.1, 0.15) is 85.5 Å². The van der Waals surface area contributed by atoms with Gasteiger partial charge in [-0.3, -0.25) is 9.59 Å². The highest BCUT2D eigenvalue weighted by Gasteiger charge is 2.60. The van der Waals surface area contributed by atoms with Gasteiger partial charge in [0.1, 0.15) is 24.4 Å². The maximum Gasteiger partial charge on any atom is 0.306 e. The van der Waals surface area contributed by atoms with Gasteiger partial charge in [0.05, 0.1) is 55.8 Å². The number of Topliss-reactive ketones (excluding diaryl/α,β-unsaturated/α-hetero) is 1. The second-order valence-electron chi connectivity index (χ2n) is 19.1. The summed E-state index contributed by atoms with van der Waals surface area (Å²) < 4.78 is 70.8. The average Bonchev–Trinajstić information content (AvgIpc) is 3.84. The number of aliphatic hydroxyl groups is 1. The number of halogens is 1. The SMILES string of the molecule is CC[C@H]1CCC[C@H](O[C@H]2CC[C@H](N(C)C)C(C)O2)[C@@H](C)C(=O)C2=C[C@H]3[C@@H]4C[C@H](O[C@@H]5OC(C)[C@H](OC)C(OC)[C@@H]5OC)C[C@H]4[C@H](Nc4cccc(F)c4OC)[C@@H](O)[C@H]3[C@@H]2CC(=O)O1. The number of likely N-dealkylation sites (N-methyl/N-ethyl adjacent to an activating group) is 1. The van der Waals surface area contributed by atoms with E-state index in [0.29, 0.717) is 49.8 Å². The van der Waals surface area contributed by atoms with Crippen molar-refractivity contribution in [2.45, 2.75) is 165 Å². The van der Waals surface area contributed by atoms with Gasteiger partial charge in [-0.25, -0.2) is 4.39 Å². The van der Waals surface area contributed by atoms with Crippen LogP contribution in [-0.2, 0) is 47.5 Å². The molecule has 3 saturated heterocycles. The number of fused-ring (bicyclic) bond motifs is 5. The average molecular weight is 889 g/mol. The van der Waals surface area contributed by atoms with Crippen molar-refractivity contribution >= 4 is 17.4 Å². The molecule has 0 bridgehead atoms. The monoisotopic (exact) mass is 889 g/mol. The highest BCUT2D eigenvalue weighted by Crippen LogP contribution is 2.58. The lowest BCUT2D eigenvalue weighted by molar-refractivity contribution is -0.314. The molecule has 2 N–H and O–H groups in total.